The SMILES string of the molecule is NC(=O)C1C2=CCC(C2)C1C(=O)Nc1c(F)c(F)c(F)c(F)c1F. The fourth-order valence-corrected chi connectivity index (χ4v) is 3.45. The molecule has 0 aliphatic heterocycles. The number of primary amides is 1. The van der Waals surface area contributed by atoms with E-state index in [1.54, 1.807) is 11.4 Å². The van der Waals surface area contributed by atoms with E-state index in [9.17, 15) is 31.5 Å². The molecule has 3 N–H and O–H groups in total. The third-order valence-electron chi connectivity index (χ3n) is 4.51. The van der Waals surface area contributed by atoms with Crippen molar-refractivity contribution in [1.29, 1.82) is 0 Å². The Hall–Kier alpha value is -2.45. The van der Waals surface area contributed by atoms with Gasteiger partial charge < -0.3 is 11.1 Å². The number of anilines is 1. The number of halogens is 5. The lowest BCUT2D eigenvalue weighted by Gasteiger charge is -2.24. The zero-order chi connectivity index (χ0) is 17.8. The average molecular weight is 346 g/mol. The molecule has 0 aromatic heterocycles. The molecule has 0 radical (unpaired) electrons. The molecule has 9 heteroatoms. The van der Waals surface area contributed by atoms with Crippen molar-refractivity contribution < 1.29 is 31.5 Å². The molecule has 4 nitrogen and oxygen atoms in total. The topological polar surface area (TPSA) is 72.2 Å². The number of fused-ring (bicyclic) bond motifs is 2. The highest BCUT2D eigenvalue weighted by molar-refractivity contribution is 5.98. The Morgan fingerprint density at radius 2 is 1.54 bits per heavy atom. The van der Waals surface area contributed by atoms with Crippen LogP contribution in [0.2, 0.25) is 0 Å². The molecule has 2 bridgehead atoms. The molecule has 128 valence electrons. The van der Waals surface area contributed by atoms with Crippen LogP contribution in [0.4, 0.5) is 27.6 Å². The lowest BCUT2D eigenvalue weighted by atomic mass is 9.82. The minimum absolute atomic E-state index is 0.293. The first-order chi connectivity index (χ1) is 11.2. The maximum Gasteiger partial charge on any atom is 0.229 e. The maximum atomic E-state index is 13.7. The first-order valence-corrected chi connectivity index (χ1v) is 7.04. The summed E-state index contributed by atoms with van der Waals surface area (Å²) < 4.78 is 66.7. The van der Waals surface area contributed by atoms with Gasteiger partial charge in [-0.05, 0) is 18.8 Å². The van der Waals surface area contributed by atoms with Crippen LogP contribution >= 0.6 is 0 Å². The van der Waals surface area contributed by atoms with Crippen LogP contribution in [0.5, 0.6) is 0 Å². The zero-order valence-corrected chi connectivity index (χ0v) is 12.0. The number of rotatable bonds is 3. The van der Waals surface area contributed by atoms with Crippen LogP contribution < -0.4 is 11.1 Å². The van der Waals surface area contributed by atoms with E-state index in [-0.39, 0.29) is 5.92 Å². The minimum atomic E-state index is -2.32. The van der Waals surface area contributed by atoms with Crippen molar-refractivity contribution in [3.63, 3.8) is 0 Å². The van der Waals surface area contributed by atoms with Crippen molar-refractivity contribution in [1.82, 2.24) is 0 Å². The molecule has 2 amide bonds. The molecule has 3 unspecified atom stereocenters. The van der Waals surface area contributed by atoms with Crippen LogP contribution in [0.1, 0.15) is 12.8 Å². The number of nitrogens with two attached hydrogens (primary N) is 1. The number of nitrogens with one attached hydrogen (secondary N) is 1. The molecule has 0 heterocycles. The van der Waals surface area contributed by atoms with Crippen LogP contribution in [0.15, 0.2) is 11.6 Å². The maximum absolute atomic E-state index is 13.7. The largest absolute Gasteiger partial charge is 0.369 e. The predicted octanol–water partition coefficient (Wildman–Crippen LogP) is 2.39. The first-order valence-electron chi connectivity index (χ1n) is 7.04. The number of carbonyl (C=O) groups is 2. The second kappa shape index (κ2) is 5.57. The number of carbonyl (C=O) groups excluding carboxylic acids is 2. The molecule has 0 spiro atoms. The summed E-state index contributed by atoms with van der Waals surface area (Å²) in [6, 6.07) is 0. The smallest absolute Gasteiger partial charge is 0.229 e. The minimum Gasteiger partial charge on any atom is -0.369 e. The quantitative estimate of drug-likeness (QED) is 0.382. The highest BCUT2D eigenvalue weighted by atomic mass is 19.2. The van der Waals surface area contributed by atoms with Gasteiger partial charge in [0.05, 0.1) is 11.8 Å². The van der Waals surface area contributed by atoms with Gasteiger partial charge in [-0.25, -0.2) is 22.0 Å². The van der Waals surface area contributed by atoms with Crippen LogP contribution in [0.25, 0.3) is 0 Å². The lowest BCUT2D eigenvalue weighted by molar-refractivity contribution is -0.129. The molecule has 2 aliphatic carbocycles. The molecule has 1 saturated carbocycles. The highest BCUT2D eigenvalue weighted by Crippen LogP contribution is 2.48. The third kappa shape index (κ3) is 2.26. The Kier molecular flexibility index (Phi) is 3.81. The van der Waals surface area contributed by atoms with Crippen molar-refractivity contribution in [2.24, 2.45) is 23.5 Å². The summed E-state index contributed by atoms with van der Waals surface area (Å²) in [6.45, 7) is 0. The third-order valence-corrected chi connectivity index (χ3v) is 4.51. The van der Waals surface area contributed by atoms with Crippen molar-refractivity contribution in [2.75, 3.05) is 5.32 Å². The van der Waals surface area contributed by atoms with E-state index in [0.717, 1.165) is 0 Å². The second-order valence-corrected chi connectivity index (χ2v) is 5.82. The summed E-state index contributed by atoms with van der Waals surface area (Å²) in [5.74, 6) is -14.9. The molecule has 0 saturated heterocycles. The molecule has 1 aromatic carbocycles. The Labute approximate surface area is 132 Å². The van der Waals surface area contributed by atoms with Crippen LogP contribution in [0.3, 0.4) is 0 Å². The van der Waals surface area contributed by atoms with E-state index in [1.165, 1.54) is 0 Å². The highest BCUT2D eigenvalue weighted by Gasteiger charge is 2.49. The van der Waals surface area contributed by atoms with Crippen molar-refractivity contribution in [3.05, 3.63) is 40.7 Å². The van der Waals surface area contributed by atoms with Crippen LogP contribution in [-0.2, 0) is 9.59 Å². The molecule has 3 rings (SSSR count). The first kappa shape index (κ1) is 16.4. The van der Waals surface area contributed by atoms with Crippen LogP contribution in [0, 0.1) is 46.8 Å². The van der Waals surface area contributed by atoms with E-state index >= 15 is 0 Å². The average Bonchev–Trinajstić information content (AvgIpc) is 3.15. The zero-order valence-electron chi connectivity index (χ0n) is 12.0. The van der Waals surface area contributed by atoms with E-state index < -0.39 is 58.4 Å². The summed E-state index contributed by atoms with van der Waals surface area (Å²) in [5.41, 5.74) is 4.48. The Balaban J connectivity index is 1.94. The van der Waals surface area contributed by atoms with Gasteiger partial charge in [0.1, 0.15) is 5.69 Å². The van der Waals surface area contributed by atoms with Crippen LogP contribution in [-0.4, -0.2) is 11.8 Å². The van der Waals surface area contributed by atoms with Gasteiger partial charge >= 0.3 is 0 Å². The van der Waals surface area contributed by atoms with Gasteiger partial charge in [-0.1, -0.05) is 11.6 Å². The van der Waals surface area contributed by atoms with Gasteiger partial charge in [0.15, 0.2) is 23.3 Å². The Bertz CT molecular complexity index is 764. The van der Waals surface area contributed by atoms with E-state index in [4.69, 9.17) is 5.73 Å². The number of amides is 2. The number of hydrogen-bond acceptors (Lipinski definition) is 2. The van der Waals surface area contributed by atoms with E-state index in [2.05, 4.69) is 0 Å². The second-order valence-electron chi connectivity index (χ2n) is 5.82. The summed E-state index contributed by atoms with van der Waals surface area (Å²) in [6.07, 6.45) is 2.68. The fraction of sp³-hybridized carbons (Fsp3) is 0.333. The van der Waals surface area contributed by atoms with Gasteiger partial charge in [0.2, 0.25) is 17.6 Å². The molecule has 3 atom stereocenters. The summed E-state index contributed by atoms with van der Waals surface area (Å²) in [5, 5.41) is 1.73. The molecule has 1 aromatic rings. The Morgan fingerprint density at radius 3 is 2.08 bits per heavy atom. The van der Waals surface area contributed by atoms with Gasteiger partial charge in [-0.15, -0.1) is 0 Å². The number of benzene rings is 1. The molecular formula is C15H11F5N2O2. The summed E-state index contributed by atoms with van der Waals surface area (Å²) >= 11 is 0. The van der Waals surface area contributed by atoms with Gasteiger partial charge in [0.25, 0.3) is 0 Å². The van der Waals surface area contributed by atoms with E-state index in [0.29, 0.717) is 18.4 Å². The lowest BCUT2D eigenvalue weighted by Crippen LogP contribution is -2.38. The standard InChI is InChI=1S/C15H11F5N2O2/c16-8-9(17)11(19)13(12(20)10(8)18)22-15(24)7-5-2-1-4(3-5)6(7)14(21)23/h1,5-7H,2-3H2,(H2,21,23)(H,22,24). The molecular weight excluding hydrogens is 335 g/mol. The molecule has 24 heavy (non-hydrogen) atoms. The van der Waals surface area contributed by atoms with Gasteiger partial charge in [-0.2, -0.15) is 0 Å². The molecule has 2 aliphatic rings. The van der Waals surface area contributed by atoms with Crippen molar-refractivity contribution in [2.45, 2.75) is 12.8 Å². The Morgan fingerprint density at radius 1 is 1.00 bits per heavy atom. The van der Waals surface area contributed by atoms with Crippen molar-refractivity contribution in [3.8, 4) is 0 Å². The number of allylic oxidation sites excluding steroid dienone is 1. The monoisotopic (exact) mass is 346 g/mol. The fourth-order valence-electron chi connectivity index (χ4n) is 3.45. The van der Waals surface area contributed by atoms with Gasteiger partial charge in [-0.3, -0.25) is 9.59 Å². The van der Waals surface area contributed by atoms with E-state index in [1.807, 2.05) is 0 Å². The van der Waals surface area contributed by atoms with Gasteiger partial charge in [0, 0.05) is 0 Å². The number of hydrogen-bond donors (Lipinski definition) is 2. The summed E-state index contributed by atoms with van der Waals surface area (Å²) in [7, 11) is 0. The normalized spacial score (nSPS) is 24.9. The van der Waals surface area contributed by atoms with Crippen molar-refractivity contribution >= 4 is 17.5 Å². The predicted molar refractivity (Wildman–Crippen MR) is 71.8 cm³/mol. The molecule has 1 fully saturated rings. The summed E-state index contributed by atoms with van der Waals surface area (Å²) in [4.78, 5) is 23.8.